The van der Waals surface area contributed by atoms with Gasteiger partial charge < -0.3 is 0 Å². The van der Waals surface area contributed by atoms with Crippen molar-refractivity contribution in [3.63, 3.8) is 0 Å². The van der Waals surface area contributed by atoms with Crippen LogP contribution in [0.3, 0.4) is 0 Å². The molecule has 0 amide bonds. The van der Waals surface area contributed by atoms with Gasteiger partial charge in [0, 0.05) is 33.5 Å². The van der Waals surface area contributed by atoms with E-state index in [0.717, 1.165) is 17.8 Å². The van der Waals surface area contributed by atoms with Crippen molar-refractivity contribution in [1.82, 2.24) is 14.6 Å². The minimum atomic E-state index is -4.44. The summed E-state index contributed by atoms with van der Waals surface area (Å²) in [6.45, 7) is 1.92. The van der Waals surface area contributed by atoms with Crippen molar-refractivity contribution in [1.29, 1.82) is 0 Å². The first-order chi connectivity index (χ1) is 14.2. The molecule has 0 radical (unpaired) electrons. The molecule has 2 aromatic carbocycles. The lowest BCUT2D eigenvalue weighted by atomic mass is 10.0. The lowest BCUT2D eigenvalue weighted by Gasteiger charge is -2.08. The molecule has 1 N–H and O–H groups in total. The highest BCUT2D eigenvalue weighted by atomic mass is 35.5. The van der Waals surface area contributed by atoms with Crippen molar-refractivity contribution in [3.8, 4) is 22.4 Å². The Labute approximate surface area is 178 Å². The number of benzene rings is 2. The number of hydrogen-bond donors (Lipinski definition) is 1. The zero-order valence-electron chi connectivity index (χ0n) is 15.5. The zero-order valence-corrected chi connectivity index (χ0v) is 17.0. The average molecular weight is 452 g/mol. The van der Waals surface area contributed by atoms with E-state index < -0.39 is 11.7 Å². The maximum atomic E-state index is 12.8. The summed E-state index contributed by atoms with van der Waals surface area (Å²) in [6, 6.07) is 10.8. The normalized spacial score (nSPS) is 11.9. The molecule has 4 nitrogen and oxygen atoms in total. The predicted molar refractivity (Wildman–Crippen MR) is 111 cm³/mol. The van der Waals surface area contributed by atoms with Gasteiger partial charge >= 0.3 is 6.18 Å². The zero-order chi connectivity index (χ0) is 21.6. The van der Waals surface area contributed by atoms with Gasteiger partial charge in [0.15, 0.2) is 5.65 Å². The van der Waals surface area contributed by atoms with Crippen molar-refractivity contribution in [2.45, 2.75) is 19.5 Å². The van der Waals surface area contributed by atoms with E-state index in [-0.39, 0.29) is 11.3 Å². The maximum Gasteiger partial charge on any atom is 0.416 e. The van der Waals surface area contributed by atoms with Gasteiger partial charge in [0.1, 0.15) is 0 Å². The molecule has 9 heteroatoms. The van der Waals surface area contributed by atoms with Crippen LogP contribution in [-0.2, 0) is 12.6 Å². The van der Waals surface area contributed by atoms with Gasteiger partial charge in [0.05, 0.1) is 16.3 Å². The number of rotatable bonds is 3. The summed E-state index contributed by atoms with van der Waals surface area (Å²) in [7, 11) is 0. The number of alkyl halides is 3. The molecular formula is C21H14Cl2F3N3O. The standard InChI is InChI=1S/C21H14Cl2F3N3O/c1-2-16-19(14-8-7-13(22)9-15(14)23)20-27-17(10-18(30)29(20)28-16)11-3-5-12(6-4-11)21(24,25)26/h3-10,28H,2H2,1H3. The molecular weight excluding hydrogens is 438 g/mol. The molecule has 0 fully saturated rings. The Bertz CT molecular complexity index is 1310. The van der Waals surface area contributed by atoms with Crippen LogP contribution in [0.25, 0.3) is 28.0 Å². The lowest BCUT2D eigenvalue weighted by Crippen LogP contribution is -2.14. The summed E-state index contributed by atoms with van der Waals surface area (Å²) >= 11 is 12.4. The second-order valence-corrected chi connectivity index (χ2v) is 7.50. The third-order valence-electron chi connectivity index (χ3n) is 4.75. The third kappa shape index (κ3) is 3.59. The van der Waals surface area contributed by atoms with E-state index >= 15 is 0 Å². The van der Waals surface area contributed by atoms with Gasteiger partial charge in [0.25, 0.3) is 5.56 Å². The van der Waals surface area contributed by atoms with Crippen LogP contribution in [0, 0.1) is 0 Å². The maximum absolute atomic E-state index is 12.8. The fraction of sp³-hybridized carbons (Fsp3) is 0.143. The first-order valence-corrected chi connectivity index (χ1v) is 9.72. The topological polar surface area (TPSA) is 50.2 Å². The monoisotopic (exact) mass is 451 g/mol. The van der Waals surface area contributed by atoms with Gasteiger partial charge in [-0.25, -0.2) is 9.50 Å². The number of aromatic nitrogens is 3. The quantitative estimate of drug-likeness (QED) is 0.400. The Kier molecular flexibility index (Phi) is 5.11. The smallest absolute Gasteiger partial charge is 0.293 e. The van der Waals surface area contributed by atoms with Gasteiger partial charge in [-0.15, -0.1) is 0 Å². The van der Waals surface area contributed by atoms with Crippen LogP contribution in [0.4, 0.5) is 13.2 Å². The molecule has 0 atom stereocenters. The van der Waals surface area contributed by atoms with Crippen LogP contribution < -0.4 is 5.56 Å². The molecule has 2 heterocycles. The van der Waals surface area contributed by atoms with Gasteiger partial charge in [-0.1, -0.05) is 48.3 Å². The van der Waals surface area contributed by atoms with Crippen LogP contribution in [-0.4, -0.2) is 14.6 Å². The number of aryl methyl sites for hydroxylation is 1. The molecule has 4 rings (SSSR count). The van der Waals surface area contributed by atoms with E-state index in [9.17, 15) is 18.0 Å². The number of nitrogens with zero attached hydrogens (tertiary/aromatic N) is 2. The molecule has 154 valence electrons. The largest absolute Gasteiger partial charge is 0.416 e. The minimum absolute atomic E-state index is 0.265. The average Bonchev–Trinajstić information content (AvgIpc) is 3.06. The van der Waals surface area contributed by atoms with E-state index in [1.807, 2.05) is 6.92 Å². The molecule has 0 bridgehead atoms. The van der Waals surface area contributed by atoms with Crippen molar-refractivity contribution in [2.24, 2.45) is 0 Å². The SMILES string of the molecule is CCc1[nH]n2c(=O)cc(-c3ccc(C(F)(F)F)cc3)nc2c1-c1ccc(Cl)cc1Cl. The van der Waals surface area contributed by atoms with Crippen LogP contribution in [0.5, 0.6) is 0 Å². The molecule has 0 spiro atoms. The number of halogens is 5. The van der Waals surface area contributed by atoms with E-state index in [4.69, 9.17) is 23.2 Å². The summed E-state index contributed by atoms with van der Waals surface area (Å²) in [5.74, 6) is 0. The van der Waals surface area contributed by atoms with Gasteiger partial charge in [-0.05, 0) is 30.7 Å². The number of aromatic amines is 1. The summed E-state index contributed by atoms with van der Waals surface area (Å²) in [4.78, 5) is 17.3. The predicted octanol–water partition coefficient (Wildman–Crippen LogP) is 6.24. The lowest BCUT2D eigenvalue weighted by molar-refractivity contribution is -0.137. The van der Waals surface area contributed by atoms with Crippen LogP contribution in [0.1, 0.15) is 18.2 Å². The number of hydrogen-bond acceptors (Lipinski definition) is 2. The summed E-state index contributed by atoms with van der Waals surface area (Å²) < 4.78 is 39.8. The molecule has 0 saturated heterocycles. The first kappa shape index (κ1) is 20.5. The molecule has 4 aromatic rings. The summed E-state index contributed by atoms with van der Waals surface area (Å²) in [5, 5.41) is 3.90. The van der Waals surface area contributed by atoms with Gasteiger partial charge in [-0.3, -0.25) is 9.89 Å². The minimum Gasteiger partial charge on any atom is -0.293 e. The van der Waals surface area contributed by atoms with Crippen LogP contribution in [0.15, 0.2) is 53.3 Å². The van der Waals surface area contributed by atoms with Crippen LogP contribution in [0.2, 0.25) is 10.0 Å². The Morgan fingerprint density at radius 3 is 2.37 bits per heavy atom. The highest BCUT2D eigenvalue weighted by Crippen LogP contribution is 2.35. The van der Waals surface area contributed by atoms with Crippen molar-refractivity contribution in [2.75, 3.05) is 0 Å². The highest BCUT2D eigenvalue weighted by molar-refractivity contribution is 6.36. The molecule has 0 aliphatic rings. The molecule has 0 aliphatic heterocycles. The van der Waals surface area contributed by atoms with E-state index in [2.05, 4.69) is 10.1 Å². The van der Waals surface area contributed by atoms with Gasteiger partial charge in [-0.2, -0.15) is 13.2 Å². The number of fused-ring (bicyclic) bond motifs is 1. The second kappa shape index (κ2) is 7.49. The van der Waals surface area contributed by atoms with E-state index in [1.54, 1.807) is 18.2 Å². The van der Waals surface area contributed by atoms with Crippen molar-refractivity contribution in [3.05, 3.63) is 80.2 Å². The second-order valence-electron chi connectivity index (χ2n) is 6.66. The Morgan fingerprint density at radius 2 is 1.77 bits per heavy atom. The van der Waals surface area contributed by atoms with Gasteiger partial charge in [0.2, 0.25) is 0 Å². The number of nitrogens with one attached hydrogen (secondary N) is 1. The molecule has 30 heavy (non-hydrogen) atoms. The van der Waals surface area contributed by atoms with E-state index in [1.165, 1.54) is 22.7 Å². The third-order valence-corrected chi connectivity index (χ3v) is 5.30. The van der Waals surface area contributed by atoms with E-state index in [0.29, 0.717) is 38.8 Å². The molecule has 2 aromatic heterocycles. The Balaban J connectivity index is 1.94. The first-order valence-electron chi connectivity index (χ1n) is 8.96. The molecule has 0 saturated carbocycles. The fourth-order valence-corrected chi connectivity index (χ4v) is 3.80. The molecule has 0 unspecified atom stereocenters. The molecule has 0 aliphatic carbocycles. The summed E-state index contributed by atoms with van der Waals surface area (Å²) in [6.07, 6.45) is -3.86. The fourth-order valence-electron chi connectivity index (χ4n) is 3.29. The van der Waals surface area contributed by atoms with Crippen LogP contribution >= 0.6 is 23.2 Å². The summed E-state index contributed by atoms with van der Waals surface area (Å²) in [5.41, 5.74) is 1.87. The Hall–Kier alpha value is -2.77. The Morgan fingerprint density at radius 1 is 1.07 bits per heavy atom. The highest BCUT2D eigenvalue weighted by Gasteiger charge is 2.30. The van der Waals surface area contributed by atoms with Crippen molar-refractivity contribution >= 4 is 28.8 Å². The number of H-pyrrole nitrogens is 1. The van der Waals surface area contributed by atoms with Crippen molar-refractivity contribution < 1.29 is 13.2 Å².